The van der Waals surface area contributed by atoms with Crippen molar-refractivity contribution in [3.8, 4) is 12.3 Å². The number of aromatic nitrogens is 1. The quantitative estimate of drug-likeness (QED) is 0.732. The van der Waals surface area contributed by atoms with Crippen molar-refractivity contribution in [1.29, 1.82) is 0 Å². The number of pyridine rings is 1. The van der Waals surface area contributed by atoms with Gasteiger partial charge < -0.3 is 0 Å². The highest BCUT2D eigenvalue weighted by Crippen LogP contribution is 2.29. The molecule has 1 N–H and O–H groups in total. The van der Waals surface area contributed by atoms with Crippen LogP contribution in [-0.4, -0.2) is 23.6 Å². The molecule has 2 heterocycles. The van der Waals surface area contributed by atoms with Crippen molar-refractivity contribution in [2.45, 2.75) is 18.9 Å². The second-order valence-corrected chi connectivity index (χ2v) is 3.73. The highest BCUT2D eigenvalue weighted by molar-refractivity contribution is 5.33. The summed E-state index contributed by atoms with van der Waals surface area (Å²) >= 11 is 0. The fourth-order valence-corrected chi connectivity index (χ4v) is 2.10. The molecule has 0 aromatic carbocycles. The van der Waals surface area contributed by atoms with Gasteiger partial charge >= 0.3 is 0 Å². The fraction of sp³-hybridized carbons (Fsp3) is 0.417. The minimum Gasteiger partial charge on any atom is -0.263 e. The molecular formula is C12H15N3. The van der Waals surface area contributed by atoms with Crippen LogP contribution in [0.2, 0.25) is 0 Å². The molecule has 0 radical (unpaired) electrons. The lowest BCUT2D eigenvalue weighted by Gasteiger charge is -2.23. The van der Waals surface area contributed by atoms with Crippen LogP contribution in [0.15, 0.2) is 18.5 Å². The molecule has 78 valence electrons. The van der Waals surface area contributed by atoms with Gasteiger partial charge in [-0.3, -0.25) is 10.4 Å². The lowest BCUT2D eigenvalue weighted by Crippen LogP contribution is -2.34. The Kier molecular flexibility index (Phi) is 3.00. The van der Waals surface area contributed by atoms with Gasteiger partial charge in [-0.15, -0.1) is 6.42 Å². The average molecular weight is 201 g/mol. The summed E-state index contributed by atoms with van der Waals surface area (Å²) in [5.41, 5.74) is 5.27. The van der Waals surface area contributed by atoms with Crippen molar-refractivity contribution in [2.75, 3.05) is 13.6 Å². The van der Waals surface area contributed by atoms with Crippen molar-refractivity contribution < 1.29 is 0 Å². The van der Waals surface area contributed by atoms with Crippen molar-refractivity contribution >= 4 is 0 Å². The molecule has 1 aliphatic heterocycles. The van der Waals surface area contributed by atoms with E-state index in [1.165, 1.54) is 12.0 Å². The van der Waals surface area contributed by atoms with E-state index < -0.39 is 0 Å². The van der Waals surface area contributed by atoms with Crippen LogP contribution in [0.1, 0.15) is 30.0 Å². The van der Waals surface area contributed by atoms with Crippen LogP contribution in [0.25, 0.3) is 0 Å². The van der Waals surface area contributed by atoms with E-state index in [9.17, 15) is 0 Å². The van der Waals surface area contributed by atoms with E-state index in [0.29, 0.717) is 6.04 Å². The van der Waals surface area contributed by atoms with E-state index in [-0.39, 0.29) is 0 Å². The zero-order chi connectivity index (χ0) is 10.7. The Labute approximate surface area is 90.5 Å². The summed E-state index contributed by atoms with van der Waals surface area (Å²) in [5, 5.41) is 2.23. The van der Waals surface area contributed by atoms with Crippen molar-refractivity contribution in [2.24, 2.45) is 0 Å². The number of rotatable bonds is 2. The first-order chi connectivity index (χ1) is 7.35. The van der Waals surface area contributed by atoms with Crippen molar-refractivity contribution in [3.63, 3.8) is 0 Å². The molecule has 2 rings (SSSR count). The molecule has 1 fully saturated rings. The maximum Gasteiger partial charge on any atom is 0.0508 e. The van der Waals surface area contributed by atoms with E-state index in [2.05, 4.69) is 21.3 Å². The number of terminal acetylenes is 1. The van der Waals surface area contributed by atoms with Crippen LogP contribution in [0.3, 0.4) is 0 Å². The molecule has 0 spiro atoms. The van der Waals surface area contributed by atoms with Crippen LogP contribution in [0.5, 0.6) is 0 Å². The predicted molar refractivity (Wildman–Crippen MR) is 59.9 cm³/mol. The monoisotopic (exact) mass is 201 g/mol. The Bertz CT molecular complexity index is 381. The topological polar surface area (TPSA) is 28.2 Å². The Hall–Kier alpha value is -1.37. The second kappa shape index (κ2) is 4.43. The number of hydrogen-bond donors (Lipinski definition) is 1. The number of nitrogens with zero attached hydrogens (tertiary/aromatic N) is 2. The lowest BCUT2D eigenvalue weighted by molar-refractivity contribution is 0.190. The Morgan fingerprint density at radius 1 is 1.60 bits per heavy atom. The highest BCUT2D eigenvalue weighted by Gasteiger charge is 2.24. The summed E-state index contributed by atoms with van der Waals surface area (Å²) in [6.45, 7) is 1.08. The second-order valence-electron chi connectivity index (χ2n) is 3.73. The summed E-state index contributed by atoms with van der Waals surface area (Å²) in [6.07, 6.45) is 11.4. The van der Waals surface area contributed by atoms with Crippen molar-refractivity contribution in [1.82, 2.24) is 15.4 Å². The number of hydrogen-bond acceptors (Lipinski definition) is 3. The Morgan fingerprint density at radius 3 is 3.20 bits per heavy atom. The molecule has 3 nitrogen and oxygen atoms in total. The van der Waals surface area contributed by atoms with E-state index in [1.54, 1.807) is 6.20 Å². The minimum absolute atomic E-state index is 0.413. The van der Waals surface area contributed by atoms with Gasteiger partial charge in [0, 0.05) is 24.5 Å². The van der Waals surface area contributed by atoms with Crippen LogP contribution in [0.4, 0.5) is 0 Å². The molecular weight excluding hydrogens is 186 g/mol. The Morgan fingerprint density at radius 2 is 2.47 bits per heavy atom. The van der Waals surface area contributed by atoms with Gasteiger partial charge in [-0.25, -0.2) is 5.01 Å². The van der Waals surface area contributed by atoms with Gasteiger partial charge in [-0.1, -0.05) is 5.92 Å². The molecule has 0 amide bonds. The van der Waals surface area contributed by atoms with Gasteiger partial charge in [0.1, 0.15) is 0 Å². The molecule has 3 heteroatoms. The van der Waals surface area contributed by atoms with Crippen LogP contribution in [-0.2, 0) is 0 Å². The molecule has 15 heavy (non-hydrogen) atoms. The van der Waals surface area contributed by atoms with E-state index in [1.807, 2.05) is 19.3 Å². The lowest BCUT2D eigenvalue weighted by atomic mass is 10.1. The first-order valence-electron chi connectivity index (χ1n) is 5.20. The average Bonchev–Trinajstić information content (AvgIpc) is 2.77. The normalized spacial score (nSPS) is 21.5. The van der Waals surface area contributed by atoms with Crippen LogP contribution < -0.4 is 5.43 Å². The molecule has 1 aromatic rings. The molecule has 1 atom stereocenters. The molecule has 1 saturated heterocycles. The van der Waals surface area contributed by atoms with Gasteiger partial charge in [0.15, 0.2) is 0 Å². The van der Waals surface area contributed by atoms with Gasteiger partial charge in [0.05, 0.1) is 6.04 Å². The van der Waals surface area contributed by atoms with E-state index >= 15 is 0 Å². The van der Waals surface area contributed by atoms with Crippen molar-refractivity contribution in [3.05, 3.63) is 29.6 Å². The summed E-state index contributed by atoms with van der Waals surface area (Å²) in [6, 6.07) is 2.46. The molecule has 0 bridgehead atoms. The first-order valence-corrected chi connectivity index (χ1v) is 5.20. The summed E-state index contributed by atoms with van der Waals surface area (Å²) < 4.78 is 0. The van der Waals surface area contributed by atoms with Gasteiger partial charge in [-0.05, 0) is 31.5 Å². The fourth-order valence-electron chi connectivity index (χ4n) is 2.10. The van der Waals surface area contributed by atoms with E-state index in [4.69, 9.17) is 6.42 Å². The molecule has 1 aromatic heterocycles. The van der Waals surface area contributed by atoms with Gasteiger partial charge in [-0.2, -0.15) is 0 Å². The zero-order valence-electron chi connectivity index (χ0n) is 8.90. The number of nitrogens with one attached hydrogen (secondary N) is 1. The van der Waals surface area contributed by atoms with Crippen LogP contribution in [0, 0.1) is 12.3 Å². The standard InChI is InChI=1S/C12H15N3/c1-3-10-7-11(9-14-8-10)12-5-4-6-15(12)13-2/h1,7-9,12-13H,4-6H2,2H3. The van der Waals surface area contributed by atoms with Crippen LogP contribution >= 0.6 is 0 Å². The highest BCUT2D eigenvalue weighted by atomic mass is 15.5. The summed E-state index contributed by atoms with van der Waals surface area (Å²) in [4.78, 5) is 4.17. The SMILES string of the molecule is C#Cc1cncc(C2CCCN2NC)c1. The third kappa shape index (κ3) is 2.01. The third-order valence-electron chi connectivity index (χ3n) is 2.85. The van der Waals surface area contributed by atoms with E-state index in [0.717, 1.165) is 18.5 Å². The summed E-state index contributed by atoms with van der Waals surface area (Å²) in [5.74, 6) is 2.62. The first kappa shape index (κ1) is 10.2. The third-order valence-corrected chi connectivity index (χ3v) is 2.85. The maximum atomic E-state index is 5.37. The molecule has 0 saturated carbocycles. The zero-order valence-corrected chi connectivity index (χ0v) is 8.90. The van der Waals surface area contributed by atoms with Gasteiger partial charge in [0.25, 0.3) is 0 Å². The smallest absolute Gasteiger partial charge is 0.0508 e. The maximum absolute atomic E-state index is 5.37. The summed E-state index contributed by atoms with van der Waals surface area (Å²) in [7, 11) is 1.96. The van der Waals surface area contributed by atoms with Gasteiger partial charge in [0.2, 0.25) is 0 Å². The molecule has 1 unspecified atom stereocenters. The molecule has 0 aliphatic carbocycles. The Balaban J connectivity index is 2.25. The number of hydrazine groups is 1. The minimum atomic E-state index is 0.413. The largest absolute Gasteiger partial charge is 0.263 e. The predicted octanol–water partition coefficient (Wildman–Crippen LogP) is 1.33. The molecule has 1 aliphatic rings.